The lowest BCUT2D eigenvalue weighted by Gasteiger charge is -2.36. The molecule has 1 saturated heterocycles. The van der Waals surface area contributed by atoms with Gasteiger partial charge in [-0.2, -0.15) is 5.26 Å². The Morgan fingerprint density at radius 1 is 1.12 bits per heavy atom. The smallest absolute Gasteiger partial charge is 0.269 e. The molecule has 132 valence electrons. The summed E-state index contributed by atoms with van der Waals surface area (Å²) in [5, 5.41) is 19.5. The first kappa shape index (κ1) is 17.4. The molecule has 7 nitrogen and oxygen atoms in total. The van der Waals surface area contributed by atoms with Gasteiger partial charge in [-0.1, -0.05) is 0 Å². The number of nitriles is 1. The third-order valence-electron chi connectivity index (χ3n) is 4.32. The second kappa shape index (κ2) is 7.19. The molecule has 3 rings (SSSR count). The van der Waals surface area contributed by atoms with Crippen molar-refractivity contribution in [1.82, 2.24) is 4.90 Å². The lowest BCUT2D eigenvalue weighted by molar-refractivity contribution is -0.384. The minimum atomic E-state index is -0.702. The number of carbonyl (C=O) groups excluding carboxylic acids is 1. The molecule has 0 N–H and O–H groups in total. The van der Waals surface area contributed by atoms with Crippen molar-refractivity contribution in [2.24, 2.45) is 0 Å². The van der Waals surface area contributed by atoms with E-state index in [-0.39, 0.29) is 16.8 Å². The largest absolute Gasteiger partial charge is 0.368 e. The second-order valence-electron chi connectivity index (χ2n) is 5.86. The van der Waals surface area contributed by atoms with Crippen LogP contribution in [0.3, 0.4) is 0 Å². The third kappa shape index (κ3) is 3.47. The zero-order valence-electron chi connectivity index (χ0n) is 13.8. The van der Waals surface area contributed by atoms with E-state index in [1.54, 1.807) is 17.0 Å². The molecule has 1 aliphatic rings. The Bertz CT molecular complexity index is 884. The van der Waals surface area contributed by atoms with Gasteiger partial charge in [0.2, 0.25) is 0 Å². The maximum atomic E-state index is 14.0. The van der Waals surface area contributed by atoms with Crippen LogP contribution in [0.1, 0.15) is 15.9 Å². The van der Waals surface area contributed by atoms with Gasteiger partial charge in [-0.05, 0) is 30.3 Å². The maximum absolute atomic E-state index is 14.0. The fourth-order valence-corrected chi connectivity index (χ4v) is 2.88. The van der Waals surface area contributed by atoms with Crippen LogP contribution in [0, 0.1) is 27.3 Å². The number of amides is 1. The van der Waals surface area contributed by atoms with Crippen LogP contribution in [0.4, 0.5) is 15.8 Å². The van der Waals surface area contributed by atoms with Crippen LogP contribution in [0.25, 0.3) is 0 Å². The van der Waals surface area contributed by atoms with Gasteiger partial charge in [-0.3, -0.25) is 14.9 Å². The molecule has 2 aromatic rings. The molecular formula is C18H15FN4O3. The van der Waals surface area contributed by atoms with Crippen molar-refractivity contribution < 1.29 is 14.1 Å². The maximum Gasteiger partial charge on any atom is 0.269 e. The molecule has 8 heteroatoms. The van der Waals surface area contributed by atoms with Crippen LogP contribution in [0.5, 0.6) is 0 Å². The molecule has 1 amide bonds. The van der Waals surface area contributed by atoms with E-state index >= 15 is 0 Å². The van der Waals surface area contributed by atoms with E-state index in [2.05, 4.69) is 0 Å². The second-order valence-corrected chi connectivity index (χ2v) is 5.86. The Morgan fingerprint density at radius 3 is 2.31 bits per heavy atom. The number of piperazine rings is 1. The first-order valence-electron chi connectivity index (χ1n) is 7.98. The number of halogens is 1. The number of hydrogen-bond donors (Lipinski definition) is 0. The first-order valence-corrected chi connectivity index (χ1v) is 7.98. The minimum Gasteiger partial charge on any atom is -0.368 e. The van der Waals surface area contributed by atoms with Crippen molar-refractivity contribution in [2.75, 3.05) is 31.1 Å². The third-order valence-corrected chi connectivity index (χ3v) is 4.32. The molecule has 2 aromatic carbocycles. The van der Waals surface area contributed by atoms with Crippen molar-refractivity contribution in [3.8, 4) is 6.07 Å². The van der Waals surface area contributed by atoms with Gasteiger partial charge in [0.25, 0.3) is 11.6 Å². The van der Waals surface area contributed by atoms with Crippen molar-refractivity contribution in [3.63, 3.8) is 0 Å². The quantitative estimate of drug-likeness (QED) is 0.624. The average molecular weight is 354 g/mol. The van der Waals surface area contributed by atoms with Gasteiger partial charge in [-0.15, -0.1) is 0 Å². The molecule has 0 spiro atoms. The number of carbonyl (C=O) groups is 1. The molecule has 0 aromatic heterocycles. The molecule has 0 bridgehead atoms. The Morgan fingerprint density at radius 2 is 1.77 bits per heavy atom. The summed E-state index contributed by atoms with van der Waals surface area (Å²) in [6, 6.07) is 11.9. The van der Waals surface area contributed by atoms with Crippen molar-refractivity contribution >= 4 is 17.3 Å². The predicted octanol–water partition coefficient (Wildman–Crippen LogP) is 2.57. The standard InChI is InChI=1S/C18H15FN4O3/c19-17-11-13(12-20)1-6-16(17)18(24)22-9-7-21(8-10-22)14-2-4-15(5-3-14)23(25)26/h1-6,11H,7-10H2. The molecule has 0 radical (unpaired) electrons. The van der Waals surface area contributed by atoms with E-state index < -0.39 is 16.6 Å². The molecule has 1 heterocycles. The molecular weight excluding hydrogens is 339 g/mol. The van der Waals surface area contributed by atoms with E-state index in [1.807, 2.05) is 11.0 Å². The summed E-state index contributed by atoms with van der Waals surface area (Å²) in [6.07, 6.45) is 0. The molecule has 0 atom stereocenters. The summed E-state index contributed by atoms with van der Waals surface area (Å²) in [5.74, 6) is -1.11. The highest BCUT2D eigenvalue weighted by Crippen LogP contribution is 2.21. The Hall–Kier alpha value is -3.47. The molecule has 26 heavy (non-hydrogen) atoms. The summed E-state index contributed by atoms with van der Waals surface area (Å²) in [6.45, 7) is 1.91. The number of rotatable bonds is 3. The van der Waals surface area contributed by atoms with Crippen LogP contribution in [0.15, 0.2) is 42.5 Å². The molecule has 0 aliphatic carbocycles. The van der Waals surface area contributed by atoms with E-state index in [1.165, 1.54) is 24.3 Å². The number of benzene rings is 2. The molecule has 1 aliphatic heterocycles. The highest BCUT2D eigenvalue weighted by molar-refractivity contribution is 5.94. The Labute approximate surface area is 149 Å². The fourth-order valence-electron chi connectivity index (χ4n) is 2.88. The van der Waals surface area contributed by atoms with E-state index in [0.29, 0.717) is 26.2 Å². The van der Waals surface area contributed by atoms with Crippen LogP contribution >= 0.6 is 0 Å². The van der Waals surface area contributed by atoms with Gasteiger partial charge in [0.1, 0.15) is 5.82 Å². The number of nitro benzene ring substituents is 1. The zero-order chi connectivity index (χ0) is 18.7. The van der Waals surface area contributed by atoms with Crippen molar-refractivity contribution in [1.29, 1.82) is 5.26 Å². The topological polar surface area (TPSA) is 90.5 Å². The van der Waals surface area contributed by atoms with Gasteiger partial charge in [-0.25, -0.2) is 4.39 Å². The SMILES string of the molecule is N#Cc1ccc(C(=O)N2CCN(c3ccc([N+](=O)[O-])cc3)CC2)c(F)c1. The highest BCUT2D eigenvalue weighted by Gasteiger charge is 2.24. The molecule has 1 fully saturated rings. The highest BCUT2D eigenvalue weighted by atomic mass is 19.1. The summed E-state index contributed by atoms with van der Waals surface area (Å²) >= 11 is 0. The minimum absolute atomic E-state index is 0.0267. The van der Waals surface area contributed by atoms with Crippen LogP contribution in [-0.4, -0.2) is 41.9 Å². The van der Waals surface area contributed by atoms with E-state index in [0.717, 1.165) is 11.8 Å². The number of nitro groups is 1. The van der Waals surface area contributed by atoms with Gasteiger partial charge < -0.3 is 9.80 Å². The van der Waals surface area contributed by atoms with Crippen molar-refractivity contribution in [2.45, 2.75) is 0 Å². The summed E-state index contributed by atoms with van der Waals surface area (Å²) in [5.41, 5.74) is 0.987. The number of nitrogens with zero attached hydrogens (tertiary/aromatic N) is 4. The van der Waals surface area contributed by atoms with Gasteiger partial charge >= 0.3 is 0 Å². The van der Waals surface area contributed by atoms with Gasteiger partial charge in [0, 0.05) is 44.0 Å². The Kier molecular flexibility index (Phi) is 4.80. The molecule has 0 unspecified atom stereocenters. The summed E-state index contributed by atoms with van der Waals surface area (Å²) < 4.78 is 14.0. The summed E-state index contributed by atoms with van der Waals surface area (Å²) in [7, 11) is 0. The van der Waals surface area contributed by atoms with Crippen LogP contribution in [0.2, 0.25) is 0 Å². The van der Waals surface area contributed by atoms with Gasteiger partial charge in [0.05, 0.1) is 22.1 Å². The van der Waals surface area contributed by atoms with Crippen molar-refractivity contribution in [3.05, 3.63) is 69.5 Å². The number of anilines is 1. The average Bonchev–Trinajstić information content (AvgIpc) is 2.67. The Balaban J connectivity index is 1.65. The normalized spacial score (nSPS) is 14.0. The molecule has 0 saturated carbocycles. The first-order chi connectivity index (χ1) is 12.5. The lowest BCUT2D eigenvalue weighted by Crippen LogP contribution is -2.49. The predicted molar refractivity (Wildman–Crippen MR) is 92.3 cm³/mol. The monoisotopic (exact) mass is 354 g/mol. The van der Waals surface area contributed by atoms with Gasteiger partial charge in [0.15, 0.2) is 0 Å². The lowest BCUT2D eigenvalue weighted by atomic mass is 10.1. The fraction of sp³-hybridized carbons (Fsp3) is 0.222. The van der Waals surface area contributed by atoms with E-state index in [9.17, 15) is 19.3 Å². The summed E-state index contributed by atoms with van der Waals surface area (Å²) in [4.78, 5) is 26.3. The van der Waals surface area contributed by atoms with Crippen LogP contribution in [-0.2, 0) is 0 Å². The number of hydrogen-bond acceptors (Lipinski definition) is 5. The van der Waals surface area contributed by atoms with E-state index in [4.69, 9.17) is 5.26 Å². The zero-order valence-corrected chi connectivity index (χ0v) is 13.8. The number of non-ortho nitro benzene ring substituents is 1. The van der Waals surface area contributed by atoms with Crippen LogP contribution < -0.4 is 4.90 Å².